The summed E-state index contributed by atoms with van der Waals surface area (Å²) >= 11 is 1.83. The van der Waals surface area contributed by atoms with Crippen molar-refractivity contribution in [2.24, 2.45) is 0 Å². The zero-order valence-electron chi connectivity index (χ0n) is 22.3. The summed E-state index contributed by atoms with van der Waals surface area (Å²) in [5.74, 6) is 0. The van der Waals surface area contributed by atoms with E-state index in [4.69, 9.17) is 0 Å². The van der Waals surface area contributed by atoms with Crippen LogP contribution in [-0.2, 0) is 0 Å². The lowest BCUT2D eigenvalue weighted by atomic mass is 9.92. The average molecular weight is 540 g/mol. The molecule has 0 N–H and O–H groups in total. The van der Waals surface area contributed by atoms with Crippen LogP contribution in [0.25, 0.3) is 65.3 Å². The van der Waals surface area contributed by atoms with E-state index in [0.29, 0.717) is 0 Å². The fourth-order valence-corrected chi connectivity index (χ4v) is 7.13. The molecule has 192 valence electrons. The van der Waals surface area contributed by atoms with Gasteiger partial charge in [-0.3, -0.25) is 4.98 Å². The number of hydrogen-bond acceptors (Lipinski definition) is 2. The smallest absolute Gasteiger partial charge is 0.0353 e. The molecule has 2 heteroatoms. The number of rotatable bonds is 4. The van der Waals surface area contributed by atoms with E-state index in [1.165, 1.54) is 75.1 Å². The molecule has 1 nitrogen and oxygen atoms in total. The second-order valence-corrected chi connectivity index (χ2v) is 11.5. The van der Waals surface area contributed by atoms with Crippen LogP contribution < -0.4 is 0 Å². The standard InChI is InChI=1S/C39H25NS/c1-2-10-29-24-30(17-16-26(29)8-1)38-34-13-5-6-14-35(34)39(36-22-23-40-25-37(36)38)41-31-20-18-28(19-21-31)33-15-7-11-27-9-3-4-12-32(27)33/h1-25H. The molecule has 0 bridgehead atoms. The third kappa shape index (κ3) is 4.16. The highest BCUT2D eigenvalue weighted by Crippen LogP contribution is 2.45. The predicted octanol–water partition coefficient (Wildman–Crippen LogP) is 11.2. The molecular formula is C39H25NS. The van der Waals surface area contributed by atoms with Gasteiger partial charge in [-0.2, -0.15) is 0 Å². The molecule has 0 aliphatic heterocycles. The Morgan fingerprint density at radius 1 is 0.439 bits per heavy atom. The van der Waals surface area contributed by atoms with Crippen LogP contribution in [0.2, 0.25) is 0 Å². The van der Waals surface area contributed by atoms with Crippen molar-refractivity contribution in [3.63, 3.8) is 0 Å². The van der Waals surface area contributed by atoms with Crippen LogP contribution in [0, 0.1) is 0 Å². The van der Waals surface area contributed by atoms with E-state index in [1.807, 2.05) is 24.2 Å². The molecule has 0 saturated heterocycles. The number of fused-ring (bicyclic) bond motifs is 4. The van der Waals surface area contributed by atoms with Gasteiger partial charge < -0.3 is 0 Å². The van der Waals surface area contributed by atoms with Crippen LogP contribution in [0.5, 0.6) is 0 Å². The Morgan fingerprint density at radius 3 is 1.95 bits per heavy atom. The molecule has 0 radical (unpaired) electrons. The van der Waals surface area contributed by atoms with E-state index >= 15 is 0 Å². The molecule has 41 heavy (non-hydrogen) atoms. The number of hydrogen-bond donors (Lipinski definition) is 0. The molecule has 0 aliphatic rings. The zero-order chi connectivity index (χ0) is 27.2. The monoisotopic (exact) mass is 539 g/mol. The molecule has 0 unspecified atom stereocenters. The van der Waals surface area contributed by atoms with Gasteiger partial charge in [-0.05, 0) is 84.2 Å². The van der Waals surface area contributed by atoms with Gasteiger partial charge in [0.2, 0.25) is 0 Å². The molecule has 0 amide bonds. The van der Waals surface area contributed by atoms with Crippen molar-refractivity contribution in [2.75, 3.05) is 0 Å². The summed E-state index contributed by atoms with van der Waals surface area (Å²) in [4.78, 5) is 7.06. The highest BCUT2D eigenvalue weighted by molar-refractivity contribution is 7.99. The van der Waals surface area contributed by atoms with Gasteiger partial charge in [0.1, 0.15) is 0 Å². The summed E-state index contributed by atoms with van der Waals surface area (Å²) in [5.41, 5.74) is 4.96. The van der Waals surface area contributed by atoms with Gasteiger partial charge in [-0.1, -0.05) is 127 Å². The van der Waals surface area contributed by atoms with Gasteiger partial charge in [-0.15, -0.1) is 0 Å². The summed E-state index contributed by atoms with van der Waals surface area (Å²) < 4.78 is 0. The molecule has 7 aromatic carbocycles. The van der Waals surface area contributed by atoms with E-state index in [2.05, 4.69) is 145 Å². The number of pyridine rings is 1. The molecule has 0 atom stereocenters. The minimum Gasteiger partial charge on any atom is -0.264 e. The third-order valence-electron chi connectivity index (χ3n) is 7.99. The summed E-state index contributed by atoms with van der Waals surface area (Å²) in [6, 6.07) is 50.4. The fourth-order valence-electron chi connectivity index (χ4n) is 6.04. The van der Waals surface area contributed by atoms with Crippen molar-refractivity contribution < 1.29 is 0 Å². The maximum atomic E-state index is 4.58. The molecule has 0 spiro atoms. The maximum absolute atomic E-state index is 4.58. The molecule has 1 heterocycles. The molecule has 8 rings (SSSR count). The summed E-state index contributed by atoms with van der Waals surface area (Å²) in [5, 5.41) is 9.96. The lowest BCUT2D eigenvalue weighted by Crippen LogP contribution is -1.90. The average Bonchev–Trinajstić information content (AvgIpc) is 3.04. The lowest BCUT2D eigenvalue weighted by molar-refractivity contribution is 1.36. The Kier molecular flexibility index (Phi) is 5.79. The van der Waals surface area contributed by atoms with E-state index in [1.54, 1.807) is 0 Å². The minimum atomic E-state index is 1.18. The van der Waals surface area contributed by atoms with Crippen LogP contribution in [0.1, 0.15) is 0 Å². The zero-order valence-corrected chi connectivity index (χ0v) is 23.1. The first-order valence-corrected chi connectivity index (χ1v) is 14.7. The first-order valence-electron chi connectivity index (χ1n) is 13.9. The highest BCUT2D eigenvalue weighted by Gasteiger charge is 2.17. The largest absolute Gasteiger partial charge is 0.264 e. The third-order valence-corrected chi connectivity index (χ3v) is 9.14. The van der Waals surface area contributed by atoms with Crippen molar-refractivity contribution in [3.05, 3.63) is 152 Å². The Balaban J connectivity index is 1.27. The Morgan fingerprint density at radius 2 is 1.10 bits per heavy atom. The van der Waals surface area contributed by atoms with Crippen molar-refractivity contribution in [2.45, 2.75) is 9.79 Å². The number of benzene rings is 7. The Bertz CT molecular complexity index is 2170. The molecule has 0 saturated carbocycles. The topological polar surface area (TPSA) is 12.9 Å². The van der Waals surface area contributed by atoms with Crippen molar-refractivity contribution >= 4 is 54.9 Å². The fraction of sp³-hybridized carbons (Fsp3) is 0. The molecule has 0 fully saturated rings. The minimum absolute atomic E-state index is 1.18. The SMILES string of the molecule is c1ccc2cc(-c3c4ccccc4c(Sc4ccc(-c5cccc6ccccc56)cc4)c4ccncc34)ccc2c1. The summed E-state index contributed by atoms with van der Waals surface area (Å²) in [6.45, 7) is 0. The van der Waals surface area contributed by atoms with Crippen LogP contribution in [-0.4, -0.2) is 4.98 Å². The van der Waals surface area contributed by atoms with E-state index in [-0.39, 0.29) is 0 Å². The highest BCUT2D eigenvalue weighted by atomic mass is 32.2. The van der Waals surface area contributed by atoms with Crippen molar-refractivity contribution in [1.82, 2.24) is 4.98 Å². The summed E-state index contributed by atoms with van der Waals surface area (Å²) in [6.07, 6.45) is 3.94. The van der Waals surface area contributed by atoms with Gasteiger partial charge >= 0.3 is 0 Å². The molecule has 1 aromatic heterocycles. The normalized spacial score (nSPS) is 11.5. The molecule has 0 aliphatic carbocycles. The van der Waals surface area contributed by atoms with Crippen LogP contribution in [0.4, 0.5) is 0 Å². The second kappa shape index (κ2) is 9.92. The van der Waals surface area contributed by atoms with E-state index in [0.717, 1.165) is 0 Å². The van der Waals surface area contributed by atoms with Crippen LogP contribution in [0.3, 0.4) is 0 Å². The molecular weight excluding hydrogens is 515 g/mol. The molecule has 8 aromatic rings. The second-order valence-electron chi connectivity index (χ2n) is 10.4. The van der Waals surface area contributed by atoms with Gasteiger partial charge in [0.25, 0.3) is 0 Å². The Hall–Kier alpha value is -4.92. The number of aromatic nitrogens is 1. The van der Waals surface area contributed by atoms with E-state index < -0.39 is 0 Å². The van der Waals surface area contributed by atoms with Crippen LogP contribution in [0.15, 0.2) is 162 Å². The van der Waals surface area contributed by atoms with Crippen LogP contribution >= 0.6 is 11.8 Å². The van der Waals surface area contributed by atoms with Crippen molar-refractivity contribution in [1.29, 1.82) is 0 Å². The van der Waals surface area contributed by atoms with Gasteiger partial charge in [0.15, 0.2) is 0 Å². The van der Waals surface area contributed by atoms with Crippen molar-refractivity contribution in [3.8, 4) is 22.3 Å². The van der Waals surface area contributed by atoms with Gasteiger partial charge in [0.05, 0.1) is 0 Å². The Labute approximate surface area is 243 Å². The lowest BCUT2D eigenvalue weighted by Gasteiger charge is -2.17. The quantitative estimate of drug-likeness (QED) is 0.206. The van der Waals surface area contributed by atoms with E-state index in [9.17, 15) is 0 Å². The first-order chi connectivity index (χ1) is 20.3. The first kappa shape index (κ1) is 23.9. The maximum Gasteiger partial charge on any atom is 0.0353 e. The van der Waals surface area contributed by atoms with Gasteiger partial charge in [0, 0.05) is 27.6 Å². The van der Waals surface area contributed by atoms with Gasteiger partial charge in [-0.25, -0.2) is 0 Å². The number of nitrogens with zero attached hydrogens (tertiary/aromatic N) is 1. The predicted molar refractivity (Wildman–Crippen MR) is 176 cm³/mol. The summed E-state index contributed by atoms with van der Waals surface area (Å²) in [7, 11) is 0.